The van der Waals surface area contributed by atoms with Gasteiger partial charge < -0.3 is 0 Å². The number of rotatable bonds is 6. The molecule has 0 heteroatoms. The van der Waals surface area contributed by atoms with Crippen LogP contribution >= 0.6 is 0 Å². The third-order valence-corrected chi connectivity index (χ3v) is 7.85. The van der Waals surface area contributed by atoms with Gasteiger partial charge in [0, 0.05) is 11.8 Å². The standard InChI is InChI=1S/C23H32/c1-2-18-20-13-17-14-21(23(18)20)22(17)19(16-9-5-6-10-16)12-11-15-7-3-4-8-15/h13-16,19,22-23H,2-12H2,1H3. The van der Waals surface area contributed by atoms with Gasteiger partial charge in [-0.15, -0.1) is 0 Å². The Balaban J connectivity index is 1.32. The van der Waals surface area contributed by atoms with Crippen molar-refractivity contribution in [2.75, 3.05) is 0 Å². The molecule has 0 aromatic heterocycles. The maximum atomic E-state index is 2.60. The first kappa shape index (κ1) is 14.6. The van der Waals surface area contributed by atoms with Crippen molar-refractivity contribution in [1.82, 2.24) is 0 Å². The molecule has 0 aliphatic heterocycles. The van der Waals surface area contributed by atoms with Gasteiger partial charge in [-0.25, -0.2) is 0 Å². The van der Waals surface area contributed by atoms with Gasteiger partial charge in [-0.3, -0.25) is 0 Å². The second-order valence-corrected chi connectivity index (χ2v) is 8.97. The van der Waals surface area contributed by atoms with Crippen molar-refractivity contribution in [3.8, 4) is 0 Å². The van der Waals surface area contributed by atoms with Crippen LogP contribution in [-0.4, -0.2) is 0 Å². The zero-order valence-corrected chi connectivity index (χ0v) is 14.8. The summed E-state index contributed by atoms with van der Waals surface area (Å²) in [7, 11) is 0. The van der Waals surface area contributed by atoms with Gasteiger partial charge in [0.2, 0.25) is 0 Å². The highest BCUT2D eigenvalue weighted by Gasteiger charge is 2.51. The highest BCUT2D eigenvalue weighted by Crippen LogP contribution is 2.63. The van der Waals surface area contributed by atoms with Crippen LogP contribution in [0.5, 0.6) is 0 Å². The number of hydrogen-bond donors (Lipinski definition) is 0. The first-order valence-corrected chi connectivity index (χ1v) is 10.5. The van der Waals surface area contributed by atoms with E-state index in [4.69, 9.17) is 0 Å². The normalized spacial score (nSPS) is 34.1. The fourth-order valence-corrected chi connectivity index (χ4v) is 6.57. The molecule has 0 spiro atoms. The van der Waals surface area contributed by atoms with Crippen LogP contribution in [0.15, 0.2) is 34.4 Å². The minimum absolute atomic E-state index is 0.817. The molecule has 0 aromatic rings. The van der Waals surface area contributed by atoms with Crippen molar-refractivity contribution in [3.63, 3.8) is 0 Å². The van der Waals surface area contributed by atoms with Crippen LogP contribution in [0.2, 0.25) is 0 Å². The Hall–Kier alpha value is -0.780. The van der Waals surface area contributed by atoms with E-state index in [-0.39, 0.29) is 0 Å². The highest BCUT2D eigenvalue weighted by atomic mass is 14.5. The van der Waals surface area contributed by atoms with E-state index in [1.807, 2.05) is 5.57 Å². The lowest BCUT2D eigenvalue weighted by atomic mass is 9.61. The highest BCUT2D eigenvalue weighted by molar-refractivity contribution is 5.69. The van der Waals surface area contributed by atoms with Crippen molar-refractivity contribution in [2.24, 2.45) is 29.6 Å². The van der Waals surface area contributed by atoms with Crippen LogP contribution in [0.3, 0.4) is 0 Å². The van der Waals surface area contributed by atoms with E-state index in [0.717, 1.165) is 29.6 Å². The molecule has 0 heterocycles. The van der Waals surface area contributed by atoms with Gasteiger partial charge in [0.25, 0.3) is 0 Å². The fraction of sp³-hybridized carbons (Fsp3) is 0.739. The molecule has 6 aliphatic rings. The molecule has 0 aromatic carbocycles. The van der Waals surface area contributed by atoms with Gasteiger partial charge in [0.1, 0.15) is 0 Å². The zero-order valence-electron chi connectivity index (χ0n) is 14.8. The predicted octanol–water partition coefficient (Wildman–Crippen LogP) is 6.60. The summed E-state index contributed by atoms with van der Waals surface area (Å²) in [5.74, 6) is 4.79. The molecule has 2 fully saturated rings. The molecule has 3 atom stereocenters. The molecule has 2 bridgehead atoms. The van der Waals surface area contributed by atoms with Gasteiger partial charge in [0.05, 0.1) is 0 Å². The van der Waals surface area contributed by atoms with Crippen molar-refractivity contribution >= 4 is 0 Å². The Kier molecular flexibility index (Phi) is 3.57. The molecule has 6 aliphatic carbocycles. The fourth-order valence-electron chi connectivity index (χ4n) is 6.57. The minimum atomic E-state index is 0.817. The molecular weight excluding hydrogens is 276 g/mol. The topological polar surface area (TPSA) is 0 Å². The molecule has 0 saturated heterocycles. The van der Waals surface area contributed by atoms with Gasteiger partial charge in [-0.1, -0.05) is 88.0 Å². The second-order valence-electron chi connectivity index (χ2n) is 8.97. The van der Waals surface area contributed by atoms with Crippen LogP contribution in [0, 0.1) is 29.6 Å². The maximum absolute atomic E-state index is 2.60. The summed E-state index contributed by atoms with van der Waals surface area (Å²) in [4.78, 5) is 0. The Morgan fingerprint density at radius 2 is 1.74 bits per heavy atom. The zero-order chi connectivity index (χ0) is 15.4. The van der Waals surface area contributed by atoms with Crippen molar-refractivity contribution in [1.29, 1.82) is 0 Å². The van der Waals surface area contributed by atoms with Crippen LogP contribution in [0.25, 0.3) is 0 Å². The summed E-state index contributed by atoms with van der Waals surface area (Å²) in [5.41, 5.74) is 7.06. The van der Waals surface area contributed by atoms with Crippen molar-refractivity contribution in [2.45, 2.75) is 77.6 Å². The van der Waals surface area contributed by atoms with Gasteiger partial charge in [0.15, 0.2) is 0 Å². The van der Waals surface area contributed by atoms with Crippen LogP contribution in [0.1, 0.15) is 77.6 Å². The Morgan fingerprint density at radius 1 is 1.00 bits per heavy atom. The first-order valence-electron chi connectivity index (χ1n) is 10.5. The summed E-state index contributed by atoms with van der Waals surface area (Å²) < 4.78 is 0. The van der Waals surface area contributed by atoms with E-state index in [0.29, 0.717) is 0 Å². The van der Waals surface area contributed by atoms with Crippen LogP contribution < -0.4 is 0 Å². The van der Waals surface area contributed by atoms with E-state index in [2.05, 4.69) is 19.1 Å². The smallest absolute Gasteiger partial charge is 0.0273 e. The summed E-state index contributed by atoms with van der Waals surface area (Å²) in [5, 5.41) is 0. The maximum Gasteiger partial charge on any atom is 0.0273 e. The Morgan fingerprint density at radius 3 is 2.48 bits per heavy atom. The Labute approximate surface area is 142 Å². The quantitative estimate of drug-likeness (QED) is 0.519. The third-order valence-electron chi connectivity index (χ3n) is 7.85. The lowest BCUT2D eigenvalue weighted by Crippen LogP contribution is -2.33. The van der Waals surface area contributed by atoms with Crippen LogP contribution in [0.4, 0.5) is 0 Å². The molecule has 6 rings (SSSR count). The third kappa shape index (κ3) is 2.31. The predicted molar refractivity (Wildman–Crippen MR) is 97.1 cm³/mol. The van der Waals surface area contributed by atoms with E-state index >= 15 is 0 Å². The number of hydrogen-bond acceptors (Lipinski definition) is 0. The number of allylic oxidation sites excluding steroid dienone is 6. The molecule has 0 nitrogen and oxygen atoms in total. The summed E-state index contributed by atoms with van der Waals surface area (Å²) in [6.45, 7) is 2.35. The largest absolute Gasteiger partial charge is 0.0616 e. The summed E-state index contributed by atoms with van der Waals surface area (Å²) in [6.07, 6.45) is 21.6. The average Bonchev–Trinajstić information content (AvgIpc) is 2.98. The van der Waals surface area contributed by atoms with Crippen molar-refractivity contribution in [3.05, 3.63) is 34.4 Å². The molecule has 0 amide bonds. The summed E-state index contributed by atoms with van der Waals surface area (Å²) >= 11 is 0. The van der Waals surface area contributed by atoms with Gasteiger partial charge in [-0.05, 0) is 41.7 Å². The van der Waals surface area contributed by atoms with Gasteiger partial charge in [-0.2, -0.15) is 0 Å². The van der Waals surface area contributed by atoms with Crippen molar-refractivity contribution < 1.29 is 0 Å². The Bertz CT molecular complexity index is 575. The van der Waals surface area contributed by atoms with Gasteiger partial charge >= 0.3 is 0 Å². The van der Waals surface area contributed by atoms with E-state index < -0.39 is 0 Å². The monoisotopic (exact) mass is 308 g/mol. The van der Waals surface area contributed by atoms with Crippen LogP contribution in [-0.2, 0) is 0 Å². The summed E-state index contributed by atoms with van der Waals surface area (Å²) in [6, 6.07) is 0. The lowest BCUT2D eigenvalue weighted by Gasteiger charge is -2.43. The molecule has 0 radical (unpaired) electrons. The lowest BCUT2D eigenvalue weighted by molar-refractivity contribution is 0.230. The SMILES string of the molecule is CCC1=C2C=C3C=C(C21)C3C(CCC1CCCC1)C1CCCC1. The average molecular weight is 309 g/mol. The van der Waals surface area contributed by atoms with E-state index in [1.54, 1.807) is 16.7 Å². The first-order chi connectivity index (χ1) is 11.4. The molecule has 3 unspecified atom stereocenters. The van der Waals surface area contributed by atoms with E-state index in [1.165, 1.54) is 70.6 Å². The molecule has 23 heavy (non-hydrogen) atoms. The molecule has 2 saturated carbocycles. The van der Waals surface area contributed by atoms with E-state index in [9.17, 15) is 0 Å². The molecule has 124 valence electrons. The molecular formula is C23H32. The second kappa shape index (κ2) is 5.64. The minimum Gasteiger partial charge on any atom is -0.0616 e. The molecule has 0 N–H and O–H groups in total.